The Morgan fingerprint density at radius 2 is 0.926 bits per heavy atom. The van der Waals surface area contributed by atoms with Crippen LogP contribution < -0.4 is 4.90 Å². The Morgan fingerprint density at radius 3 is 1.69 bits per heavy atom. The molecule has 5 heteroatoms. The number of aromatic nitrogens is 1. The highest BCUT2D eigenvalue weighted by atomic mass is 16.4. The van der Waals surface area contributed by atoms with Crippen LogP contribution in [0.3, 0.4) is 0 Å². The molecule has 0 saturated heterocycles. The zero-order valence-corrected chi connectivity index (χ0v) is 28.9. The van der Waals surface area contributed by atoms with Crippen molar-refractivity contribution in [2.75, 3.05) is 4.90 Å². The molecule has 8 aromatic carbocycles. The molecule has 0 N–H and O–H groups in total. The summed E-state index contributed by atoms with van der Waals surface area (Å²) in [5, 5.41) is 4.13. The van der Waals surface area contributed by atoms with Crippen LogP contribution in [0.4, 0.5) is 17.1 Å². The average Bonchev–Trinajstić information content (AvgIpc) is 3.94. The molecule has 0 fully saturated rings. The van der Waals surface area contributed by atoms with Crippen molar-refractivity contribution in [1.29, 1.82) is 0 Å². The van der Waals surface area contributed by atoms with E-state index < -0.39 is 0 Å². The molecule has 254 valence electrons. The number of rotatable bonds is 6. The van der Waals surface area contributed by atoms with Gasteiger partial charge in [0.15, 0.2) is 5.58 Å². The standard InChI is InChI=1S/C49H30N2O3/c1-3-10-31(11-4-1)33-18-20-35(21-19-33)49-50-41-29-40-46(30-47(41)54-49)53-44-17-9-15-42(48(40)44)51(36-24-22-34(23-25-36)32-12-5-2-6-13-32)37-26-27-39-38-14-7-8-16-43(38)52-45(39)28-37/h1-30H. The molecule has 0 spiro atoms. The fraction of sp³-hybridized carbons (Fsp3) is 0. The minimum absolute atomic E-state index is 0.570. The van der Waals surface area contributed by atoms with E-state index in [-0.39, 0.29) is 0 Å². The van der Waals surface area contributed by atoms with Gasteiger partial charge in [-0.15, -0.1) is 0 Å². The summed E-state index contributed by atoms with van der Waals surface area (Å²) in [6.45, 7) is 0. The van der Waals surface area contributed by atoms with Gasteiger partial charge in [-0.05, 0) is 82.9 Å². The Labute approximate surface area is 309 Å². The molecule has 0 aliphatic rings. The van der Waals surface area contributed by atoms with Gasteiger partial charge in [0, 0.05) is 45.2 Å². The number of hydrogen-bond donors (Lipinski definition) is 0. The van der Waals surface area contributed by atoms with Crippen LogP contribution in [0, 0.1) is 0 Å². The van der Waals surface area contributed by atoms with Gasteiger partial charge in [0.1, 0.15) is 27.8 Å². The highest BCUT2D eigenvalue weighted by molar-refractivity contribution is 6.16. The lowest BCUT2D eigenvalue weighted by Gasteiger charge is -2.26. The van der Waals surface area contributed by atoms with Crippen LogP contribution in [0.1, 0.15) is 0 Å². The number of fused-ring (bicyclic) bond motifs is 7. The van der Waals surface area contributed by atoms with Gasteiger partial charge in [-0.25, -0.2) is 4.98 Å². The van der Waals surface area contributed by atoms with E-state index in [9.17, 15) is 0 Å². The lowest BCUT2D eigenvalue weighted by Crippen LogP contribution is -2.10. The molecular weight excluding hydrogens is 665 g/mol. The third-order valence-electron chi connectivity index (χ3n) is 10.3. The molecule has 3 aromatic heterocycles. The molecule has 0 aliphatic carbocycles. The molecule has 0 radical (unpaired) electrons. The molecule has 0 bridgehead atoms. The van der Waals surface area contributed by atoms with E-state index in [0.29, 0.717) is 11.5 Å². The number of benzene rings is 8. The molecule has 11 rings (SSSR count). The fourth-order valence-electron chi connectivity index (χ4n) is 7.69. The minimum Gasteiger partial charge on any atom is -0.456 e. The highest BCUT2D eigenvalue weighted by Crippen LogP contribution is 2.45. The van der Waals surface area contributed by atoms with Crippen molar-refractivity contribution in [3.8, 4) is 33.7 Å². The molecule has 0 unspecified atom stereocenters. The van der Waals surface area contributed by atoms with Crippen molar-refractivity contribution in [2.24, 2.45) is 0 Å². The molecule has 54 heavy (non-hydrogen) atoms. The Bertz CT molecular complexity index is 3140. The molecular formula is C49H30N2O3. The van der Waals surface area contributed by atoms with Crippen molar-refractivity contribution in [2.45, 2.75) is 0 Å². The van der Waals surface area contributed by atoms with Gasteiger partial charge < -0.3 is 18.2 Å². The van der Waals surface area contributed by atoms with Crippen LogP contribution in [0.5, 0.6) is 0 Å². The number of oxazole rings is 1. The predicted molar refractivity (Wildman–Crippen MR) is 220 cm³/mol. The summed E-state index contributed by atoms with van der Waals surface area (Å²) in [7, 11) is 0. The second-order valence-corrected chi connectivity index (χ2v) is 13.6. The molecule has 3 heterocycles. The van der Waals surface area contributed by atoms with Crippen molar-refractivity contribution >= 4 is 72.0 Å². The molecule has 0 aliphatic heterocycles. The second-order valence-electron chi connectivity index (χ2n) is 13.6. The topological polar surface area (TPSA) is 55.6 Å². The van der Waals surface area contributed by atoms with Gasteiger partial charge in [-0.2, -0.15) is 0 Å². The summed E-state index contributed by atoms with van der Waals surface area (Å²) in [6.07, 6.45) is 0. The summed E-state index contributed by atoms with van der Waals surface area (Å²) in [4.78, 5) is 7.25. The van der Waals surface area contributed by atoms with E-state index in [2.05, 4.69) is 138 Å². The summed E-state index contributed by atoms with van der Waals surface area (Å²) >= 11 is 0. The number of anilines is 3. The maximum Gasteiger partial charge on any atom is 0.227 e. The monoisotopic (exact) mass is 694 g/mol. The first-order chi connectivity index (χ1) is 26.7. The number of furan rings is 2. The Hall–Kier alpha value is -7.37. The first-order valence-corrected chi connectivity index (χ1v) is 18.0. The van der Waals surface area contributed by atoms with E-state index in [1.807, 2.05) is 48.5 Å². The number of hydrogen-bond acceptors (Lipinski definition) is 5. The highest BCUT2D eigenvalue weighted by Gasteiger charge is 2.22. The van der Waals surface area contributed by atoms with Crippen LogP contribution in [-0.4, -0.2) is 4.98 Å². The van der Waals surface area contributed by atoms with Crippen LogP contribution in [-0.2, 0) is 0 Å². The Balaban J connectivity index is 1.06. The summed E-state index contributed by atoms with van der Waals surface area (Å²) in [5.74, 6) is 0.570. The predicted octanol–water partition coefficient (Wildman–Crippen LogP) is 14.1. The summed E-state index contributed by atoms with van der Waals surface area (Å²) in [6, 6.07) is 62.7. The summed E-state index contributed by atoms with van der Waals surface area (Å²) < 4.78 is 19.3. The molecule has 0 saturated carbocycles. The quantitative estimate of drug-likeness (QED) is 0.173. The SMILES string of the molecule is c1ccc(-c2ccc(-c3nc4cc5c(cc4o3)oc3cccc(N(c4ccc(-c6ccccc6)cc4)c4ccc6c(c4)oc4ccccc46)c35)cc2)cc1. The maximum absolute atomic E-state index is 6.56. The summed E-state index contributed by atoms with van der Waals surface area (Å²) in [5.41, 5.74) is 13.2. The largest absolute Gasteiger partial charge is 0.456 e. The zero-order valence-electron chi connectivity index (χ0n) is 28.9. The Morgan fingerprint density at radius 1 is 0.352 bits per heavy atom. The molecule has 0 atom stereocenters. The lowest BCUT2D eigenvalue weighted by molar-refractivity contribution is 0.617. The van der Waals surface area contributed by atoms with Gasteiger partial charge >= 0.3 is 0 Å². The molecule has 5 nitrogen and oxygen atoms in total. The van der Waals surface area contributed by atoms with E-state index in [4.69, 9.17) is 18.2 Å². The average molecular weight is 695 g/mol. The van der Waals surface area contributed by atoms with Crippen LogP contribution in [0.25, 0.3) is 88.7 Å². The second kappa shape index (κ2) is 12.1. The van der Waals surface area contributed by atoms with Crippen LogP contribution >= 0.6 is 0 Å². The van der Waals surface area contributed by atoms with Gasteiger partial charge in [0.05, 0.1) is 11.1 Å². The van der Waals surface area contributed by atoms with E-state index in [1.54, 1.807) is 0 Å². The van der Waals surface area contributed by atoms with Crippen LogP contribution in [0.2, 0.25) is 0 Å². The minimum atomic E-state index is 0.570. The van der Waals surface area contributed by atoms with E-state index in [0.717, 1.165) is 83.1 Å². The van der Waals surface area contributed by atoms with Gasteiger partial charge in [0.25, 0.3) is 0 Å². The van der Waals surface area contributed by atoms with Gasteiger partial charge in [0.2, 0.25) is 5.89 Å². The van der Waals surface area contributed by atoms with E-state index >= 15 is 0 Å². The number of nitrogens with zero attached hydrogens (tertiary/aromatic N) is 2. The zero-order chi connectivity index (χ0) is 35.6. The van der Waals surface area contributed by atoms with Crippen molar-refractivity contribution in [3.63, 3.8) is 0 Å². The fourth-order valence-corrected chi connectivity index (χ4v) is 7.69. The lowest BCUT2D eigenvalue weighted by atomic mass is 10.0. The van der Waals surface area contributed by atoms with Gasteiger partial charge in [-0.3, -0.25) is 0 Å². The normalized spacial score (nSPS) is 11.7. The number of para-hydroxylation sites is 1. The molecule has 0 amide bonds. The van der Waals surface area contributed by atoms with Crippen molar-refractivity contribution < 1.29 is 13.3 Å². The van der Waals surface area contributed by atoms with Gasteiger partial charge in [-0.1, -0.05) is 109 Å². The first-order valence-electron chi connectivity index (χ1n) is 18.0. The third kappa shape index (κ3) is 4.98. The van der Waals surface area contributed by atoms with E-state index in [1.165, 1.54) is 11.1 Å². The maximum atomic E-state index is 6.56. The van der Waals surface area contributed by atoms with Crippen molar-refractivity contribution in [3.05, 3.63) is 182 Å². The van der Waals surface area contributed by atoms with Crippen molar-refractivity contribution in [1.82, 2.24) is 4.98 Å². The molecule has 11 aromatic rings. The van der Waals surface area contributed by atoms with Crippen LogP contribution in [0.15, 0.2) is 195 Å². The first kappa shape index (κ1) is 30.3. The smallest absolute Gasteiger partial charge is 0.227 e. The Kier molecular flexibility index (Phi) is 6.79. The third-order valence-corrected chi connectivity index (χ3v) is 10.3.